The summed E-state index contributed by atoms with van der Waals surface area (Å²) in [6, 6.07) is 8.85. The molecular weight excluding hydrogens is 425 g/mol. The molecule has 0 aliphatic rings. The molecule has 29 heavy (non-hydrogen) atoms. The number of rotatable bonds is 7. The van der Waals surface area contributed by atoms with Crippen LogP contribution in [0.4, 0.5) is 15.8 Å². The summed E-state index contributed by atoms with van der Waals surface area (Å²) in [6.45, 7) is -0.581. The Morgan fingerprint density at radius 3 is 2.31 bits per heavy atom. The van der Waals surface area contributed by atoms with E-state index in [-0.39, 0.29) is 22.0 Å². The zero-order valence-corrected chi connectivity index (χ0v) is 17.4. The smallest absolute Gasteiger partial charge is 0.339 e. The molecule has 0 aliphatic heterocycles. The van der Waals surface area contributed by atoms with E-state index in [9.17, 15) is 22.4 Å². The maximum atomic E-state index is 13.2. The summed E-state index contributed by atoms with van der Waals surface area (Å²) in [5, 5.41) is 2.64. The summed E-state index contributed by atoms with van der Waals surface area (Å²) in [7, 11) is -0.223. The van der Waals surface area contributed by atoms with Crippen molar-refractivity contribution in [3.05, 3.63) is 58.9 Å². The van der Waals surface area contributed by atoms with Gasteiger partial charge < -0.3 is 10.1 Å². The number of amides is 1. The van der Waals surface area contributed by atoms with Crippen molar-refractivity contribution in [3.63, 3.8) is 0 Å². The van der Waals surface area contributed by atoms with Crippen LogP contribution >= 0.6 is 11.6 Å². The van der Waals surface area contributed by atoms with Crippen LogP contribution in [0.3, 0.4) is 0 Å². The van der Waals surface area contributed by atoms with Gasteiger partial charge in [0.15, 0.2) is 0 Å². The lowest BCUT2D eigenvalue weighted by Crippen LogP contribution is -2.44. The van der Waals surface area contributed by atoms with Gasteiger partial charge in [-0.1, -0.05) is 11.6 Å². The Hall–Kier alpha value is -2.69. The molecule has 1 amide bonds. The molecule has 0 spiro atoms. The fourth-order valence-electron chi connectivity index (χ4n) is 2.31. The van der Waals surface area contributed by atoms with E-state index in [4.69, 9.17) is 11.6 Å². The summed E-state index contributed by atoms with van der Waals surface area (Å²) in [5.41, 5.74) is 0.381. The van der Waals surface area contributed by atoms with E-state index in [0.29, 0.717) is 0 Å². The Bertz CT molecular complexity index is 1010. The minimum absolute atomic E-state index is 0.0447. The number of carbonyl (C=O) groups excluding carboxylic acids is 2. The van der Waals surface area contributed by atoms with Gasteiger partial charge in [0.25, 0.3) is 0 Å². The number of ether oxygens (including phenoxy) is 1. The SMILES string of the molecule is COC(=O)c1cc(NC(=O)CN(c2ccc(F)cc2)S(=O)(=O)N(C)C)ccc1Cl. The molecule has 0 aliphatic carbocycles. The second-order valence-corrected chi connectivity index (χ2v) is 8.48. The number of carbonyl (C=O) groups is 2. The molecule has 156 valence electrons. The van der Waals surface area contributed by atoms with Crippen molar-refractivity contribution in [2.75, 3.05) is 37.4 Å². The number of nitrogens with zero attached hydrogens (tertiary/aromatic N) is 2. The summed E-state index contributed by atoms with van der Waals surface area (Å²) in [4.78, 5) is 24.2. The standard InChI is InChI=1S/C18H19ClFN3O5S/c1-22(2)29(26,27)23(14-7-4-12(20)5-8-14)11-17(24)21-13-6-9-16(19)15(10-13)18(25)28-3/h4-10H,11H2,1-3H3,(H,21,24). The minimum Gasteiger partial charge on any atom is -0.465 e. The highest BCUT2D eigenvalue weighted by atomic mass is 35.5. The Labute approximate surface area is 173 Å². The largest absolute Gasteiger partial charge is 0.465 e. The molecule has 0 unspecified atom stereocenters. The molecule has 0 radical (unpaired) electrons. The highest BCUT2D eigenvalue weighted by Gasteiger charge is 2.27. The molecule has 11 heteroatoms. The molecule has 1 N–H and O–H groups in total. The van der Waals surface area contributed by atoms with Crippen LogP contribution in [0.1, 0.15) is 10.4 Å². The van der Waals surface area contributed by atoms with E-state index in [1.165, 1.54) is 51.5 Å². The maximum absolute atomic E-state index is 13.2. The van der Waals surface area contributed by atoms with Gasteiger partial charge in [-0.25, -0.2) is 13.5 Å². The second kappa shape index (κ2) is 9.21. The molecule has 0 bridgehead atoms. The van der Waals surface area contributed by atoms with Gasteiger partial charge in [-0.2, -0.15) is 12.7 Å². The summed E-state index contributed by atoms with van der Waals surface area (Å²) >= 11 is 5.94. The van der Waals surface area contributed by atoms with E-state index in [2.05, 4.69) is 10.1 Å². The van der Waals surface area contributed by atoms with Crippen LogP contribution in [0.2, 0.25) is 5.02 Å². The average molecular weight is 444 g/mol. The minimum atomic E-state index is -4.04. The molecule has 2 rings (SSSR count). The summed E-state index contributed by atoms with van der Waals surface area (Å²) < 4.78 is 44.9. The number of hydrogen-bond acceptors (Lipinski definition) is 5. The fraction of sp³-hybridized carbons (Fsp3) is 0.222. The van der Waals surface area contributed by atoms with Crippen LogP contribution in [-0.2, 0) is 19.7 Å². The van der Waals surface area contributed by atoms with Crippen molar-refractivity contribution in [1.82, 2.24) is 4.31 Å². The summed E-state index contributed by atoms with van der Waals surface area (Å²) in [5.74, 6) is -1.91. The van der Waals surface area contributed by atoms with Gasteiger partial charge in [0.2, 0.25) is 5.91 Å². The van der Waals surface area contributed by atoms with Crippen LogP contribution in [0.15, 0.2) is 42.5 Å². The predicted molar refractivity (Wildman–Crippen MR) is 108 cm³/mol. The monoisotopic (exact) mass is 443 g/mol. The third-order valence-electron chi connectivity index (χ3n) is 3.80. The number of hydrogen-bond donors (Lipinski definition) is 1. The lowest BCUT2D eigenvalue weighted by atomic mass is 10.2. The number of nitrogens with one attached hydrogen (secondary N) is 1. The van der Waals surface area contributed by atoms with Gasteiger partial charge in [0.1, 0.15) is 12.4 Å². The number of benzene rings is 2. The molecule has 2 aromatic carbocycles. The number of esters is 1. The third kappa shape index (κ3) is 5.43. The van der Waals surface area contributed by atoms with Crippen molar-refractivity contribution in [2.45, 2.75) is 0 Å². The van der Waals surface area contributed by atoms with Crippen LogP contribution in [0.5, 0.6) is 0 Å². The highest BCUT2D eigenvalue weighted by molar-refractivity contribution is 7.90. The van der Waals surface area contributed by atoms with E-state index in [1.54, 1.807) is 0 Å². The van der Waals surface area contributed by atoms with E-state index < -0.39 is 34.4 Å². The van der Waals surface area contributed by atoms with Crippen molar-refractivity contribution in [1.29, 1.82) is 0 Å². The summed E-state index contributed by atoms with van der Waals surface area (Å²) in [6.07, 6.45) is 0. The van der Waals surface area contributed by atoms with Gasteiger partial charge in [-0.15, -0.1) is 0 Å². The third-order valence-corrected chi connectivity index (χ3v) is 5.95. The second-order valence-electron chi connectivity index (χ2n) is 6.01. The first kappa shape index (κ1) is 22.6. The maximum Gasteiger partial charge on any atom is 0.339 e. The number of methoxy groups -OCH3 is 1. The van der Waals surface area contributed by atoms with E-state index in [0.717, 1.165) is 20.7 Å². The normalized spacial score (nSPS) is 11.2. The molecule has 0 saturated carbocycles. The van der Waals surface area contributed by atoms with Gasteiger partial charge in [-0.05, 0) is 42.5 Å². The molecule has 0 fully saturated rings. The van der Waals surface area contributed by atoms with Gasteiger partial charge in [0.05, 0.1) is 23.4 Å². The first-order valence-corrected chi connectivity index (χ1v) is 9.97. The highest BCUT2D eigenvalue weighted by Crippen LogP contribution is 2.23. The lowest BCUT2D eigenvalue weighted by Gasteiger charge is -2.27. The zero-order valence-electron chi connectivity index (χ0n) is 15.8. The van der Waals surface area contributed by atoms with Crippen LogP contribution < -0.4 is 9.62 Å². The van der Waals surface area contributed by atoms with Crippen LogP contribution in [0.25, 0.3) is 0 Å². The Morgan fingerprint density at radius 1 is 1.14 bits per heavy atom. The Balaban J connectivity index is 2.29. The number of halogens is 2. The van der Waals surface area contributed by atoms with Gasteiger partial charge in [-0.3, -0.25) is 4.79 Å². The molecule has 0 saturated heterocycles. The Morgan fingerprint density at radius 2 is 1.76 bits per heavy atom. The molecule has 0 aromatic heterocycles. The molecule has 8 nitrogen and oxygen atoms in total. The zero-order chi connectivity index (χ0) is 21.8. The average Bonchev–Trinajstić information content (AvgIpc) is 2.67. The molecule has 0 atom stereocenters. The van der Waals surface area contributed by atoms with E-state index >= 15 is 0 Å². The van der Waals surface area contributed by atoms with E-state index in [1.807, 2.05) is 0 Å². The topological polar surface area (TPSA) is 96.0 Å². The van der Waals surface area contributed by atoms with Crippen LogP contribution in [-0.4, -0.2) is 52.3 Å². The fourth-order valence-corrected chi connectivity index (χ4v) is 3.57. The van der Waals surface area contributed by atoms with Gasteiger partial charge >= 0.3 is 16.2 Å². The van der Waals surface area contributed by atoms with Gasteiger partial charge in [0, 0.05) is 19.8 Å². The van der Waals surface area contributed by atoms with Crippen molar-refractivity contribution >= 4 is 45.1 Å². The molecular formula is C18H19ClFN3O5S. The number of anilines is 2. The first-order valence-electron chi connectivity index (χ1n) is 8.19. The van der Waals surface area contributed by atoms with Crippen LogP contribution in [0, 0.1) is 5.82 Å². The lowest BCUT2D eigenvalue weighted by molar-refractivity contribution is -0.114. The molecule has 2 aromatic rings. The van der Waals surface area contributed by atoms with Crippen molar-refractivity contribution in [3.8, 4) is 0 Å². The predicted octanol–water partition coefficient (Wildman–Crippen LogP) is 2.52. The van der Waals surface area contributed by atoms with Crippen molar-refractivity contribution < 1.29 is 27.1 Å². The first-order chi connectivity index (χ1) is 13.6. The quantitative estimate of drug-likeness (QED) is 0.663. The Kier molecular flexibility index (Phi) is 7.17. The van der Waals surface area contributed by atoms with Crippen molar-refractivity contribution in [2.24, 2.45) is 0 Å². The molecule has 0 heterocycles.